The monoisotopic (exact) mass is 436 g/mol. The summed E-state index contributed by atoms with van der Waals surface area (Å²) in [4.78, 5) is 8.82. The number of hydrogen-bond acceptors (Lipinski definition) is 3. The molecule has 2 aromatic heterocycles. The number of guanidine groups is 1. The van der Waals surface area contributed by atoms with Gasteiger partial charge in [0.05, 0.1) is 18.8 Å². The van der Waals surface area contributed by atoms with Gasteiger partial charge in [-0.3, -0.25) is 4.98 Å². The summed E-state index contributed by atoms with van der Waals surface area (Å²) in [5, 5.41) is 7.62. The molecule has 3 rings (SSSR count). The fraction of sp³-hybridized carbons (Fsp3) is 0.222. The molecular formula is C18H21IN4O. The van der Waals surface area contributed by atoms with Crippen LogP contribution in [0.5, 0.6) is 0 Å². The van der Waals surface area contributed by atoms with E-state index in [1.54, 1.807) is 6.20 Å². The minimum Gasteiger partial charge on any atom is -0.459 e. The molecule has 1 aromatic carbocycles. The van der Waals surface area contributed by atoms with Gasteiger partial charge in [-0.05, 0) is 31.2 Å². The van der Waals surface area contributed by atoms with Crippen LogP contribution in [0.4, 0.5) is 0 Å². The molecule has 0 aliphatic rings. The van der Waals surface area contributed by atoms with Crippen LogP contribution in [0, 0.1) is 0 Å². The Bertz CT molecular complexity index is 753. The highest BCUT2D eigenvalue weighted by atomic mass is 127. The predicted octanol–water partition coefficient (Wildman–Crippen LogP) is 3.70. The first-order valence-electron chi connectivity index (χ1n) is 7.74. The summed E-state index contributed by atoms with van der Waals surface area (Å²) in [6, 6.07) is 15.9. The topological polar surface area (TPSA) is 62.5 Å². The molecule has 5 nitrogen and oxygen atoms in total. The van der Waals surface area contributed by atoms with Crippen molar-refractivity contribution < 1.29 is 4.42 Å². The molecule has 0 saturated carbocycles. The van der Waals surface area contributed by atoms with Gasteiger partial charge in [0.25, 0.3) is 0 Å². The van der Waals surface area contributed by atoms with E-state index in [0.29, 0.717) is 13.1 Å². The van der Waals surface area contributed by atoms with E-state index in [0.717, 1.165) is 34.9 Å². The molecule has 6 heteroatoms. The second-order valence-corrected chi connectivity index (χ2v) is 5.12. The van der Waals surface area contributed by atoms with E-state index in [4.69, 9.17) is 4.42 Å². The lowest BCUT2D eigenvalue weighted by molar-refractivity contribution is 0.538. The maximum Gasteiger partial charge on any atom is 0.192 e. The van der Waals surface area contributed by atoms with Crippen LogP contribution < -0.4 is 10.6 Å². The molecule has 24 heavy (non-hydrogen) atoms. The quantitative estimate of drug-likeness (QED) is 0.364. The summed E-state index contributed by atoms with van der Waals surface area (Å²) in [6.07, 6.45) is 1.78. The van der Waals surface area contributed by atoms with Crippen molar-refractivity contribution in [3.8, 4) is 0 Å². The van der Waals surface area contributed by atoms with Crippen LogP contribution in [-0.2, 0) is 13.1 Å². The van der Waals surface area contributed by atoms with E-state index in [2.05, 4.69) is 20.6 Å². The van der Waals surface area contributed by atoms with Gasteiger partial charge in [0.15, 0.2) is 5.96 Å². The Morgan fingerprint density at radius 3 is 2.71 bits per heavy atom. The van der Waals surface area contributed by atoms with Gasteiger partial charge in [0.1, 0.15) is 11.3 Å². The lowest BCUT2D eigenvalue weighted by Crippen LogP contribution is -2.36. The molecule has 0 spiro atoms. The molecule has 0 aliphatic carbocycles. The SMILES string of the molecule is CCNC(=NCc1ccccn1)NCc1cc2ccccc2o1.I. The molecule has 3 aromatic rings. The molecule has 0 atom stereocenters. The number of halogens is 1. The largest absolute Gasteiger partial charge is 0.459 e. The number of nitrogens with one attached hydrogen (secondary N) is 2. The van der Waals surface area contributed by atoms with Gasteiger partial charge < -0.3 is 15.1 Å². The highest BCUT2D eigenvalue weighted by Gasteiger charge is 2.04. The lowest BCUT2D eigenvalue weighted by atomic mass is 10.2. The molecule has 0 radical (unpaired) electrons. The first-order valence-corrected chi connectivity index (χ1v) is 7.74. The Labute approximate surface area is 158 Å². The van der Waals surface area contributed by atoms with E-state index in [-0.39, 0.29) is 24.0 Å². The fourth-order valence-corrected chi connectivity index (χ4v) is 2.29. The second-order valence-electron chi connectivity index (χ2n) is 5.12. The first-order chi connectivity index (χ1) is 11.3. The number of pyridine rings is 1. The Kier molecular flexibility index (Phi) is 7.05. The predicted molar refractivity (Wildman–Crippen MR) is 108 cm³/mol. The summed E-state index contributed by atoms with van der Waals surface area (Å²) in [6.45, 7) is 3.96. The molecule has 0 saturated heterocycles. The zero-order valence-corrected chi connectivity index (χ0v) is 15.9. The minimum atomic E-state index is 0. The van der Waals surface area contributed by atoms with E-state index >= 15 is 0 Å². The van der Waals surface area contributed by atoms with Crippen molar-refractivity contribution in [2.75, 3.05) is 6.54 Å². The number of fused-ring (bicyclic) bond motifs is 1. The summed E-state index contributed by atoms with van der Waals surface area (Å²) in [7, 11) is 0. The van der Waals surface area contributed by atoms with Crippen LogP contribution >= 0.6 is 24.0 Å². The van der Waals surface area contributed by atoms with Gasteiger partial charge in [-0.25, -0.2) is 4.99 Å². The summed E-state index contributed by atoms with van der Waals surface area (Å²) >= 11 is 0. The van der Waals surface area contributed by atoms with E-state index in [1.165, 1.54) is 0 Å². The number of hydrogen-bond donors (Lipinski definition) is 2. The number of aromatic nitrogens is 1. The smallest absolute Gasteiger partial charge is 0.192 e. The highest BCUT2D eigenvalue weighted by Crippen LogP contribution is 2.18. The maximum absolute atomic E-state index is 5.80. The van der Waals surface area contributed by atoms with E-state index < -0.39 is 0 Å². The van der Waals surface area contributed by atoms with Crippen LogP contribution in [0.2, 0.25) is 0 Å². The molecule has 2 heterocycles. The maximum atomic E-state index is 5.80. The third-order valence-electron chi connectivity index (χ3n) is 3.38. The Morgan fingerprint density at radius 1 is 1.12 bits per heavy atom. The first kappa shape index (κ1) is 18.3. The van der Waals surface area contributed by atoms with Crippen molar-refractivity contribution in [1.82, 2.24) is 15.6 Å². The average Bonchev–Trinajstić information content (AvgIpc) is 3.01. The molecule has 126 valence electrons. The summed E-state index contributed by atoms with van der Waals surface area (Å²) in [5.41, 5.74) is 1.84. The van der Waals surface area contributed by atoms with Crippen molar-refractivity contribution in [3.63, 3.8) is 0 Å². The summed E-state index contributed by atoms with van der Waals surface area (Å²) in [5.74, 6) is 1.63. The third kappa shape index (κ3) is 4.95. The molecule has 0 amide bonds. The van der Waals surface area contributed by atoms with Crippen molar-refractivity contribution in [1.29, 1.82) is 0 Å². The number of aliphatic imine (C=N–C) groups is 1. The molecule has 0 unspecified atom stereocenters. The zero-order chi connectivity index (χ0) is 15.9. The van der Waals surface area contributed by atoms with Gasteiger partial charge in [-0.15, -0.1) is 24.0 Å². The zero-order valence-electron chi connectivity index (χ0n) is 13.5. The molecule has 2 N–H and O–H groups in total. The van der Waals surface area contributed by atoms with Gasteiger partial charge in [-0.1, -0.05) is 24.3 Å². The molecule has 0 fully saturated rings. The second kappa shape index (κ2) is 9.27. The number of benzene rings is 1. The number of para-hydroxylation sites is 1. The minimum absolute atomic E-state index is 0. The van der Waals surface area contributed by atoms with Crippen LogP contribution in [0.25, 0.3) is 11.0 Å². The van der Waals surface area contributed by atoms with Crippen molar-refractivity contribution in [3.05, 3.63) is 66.2 Å². The molecule has 0 aliphatic heterocycles. The molecule has 0 bridgehead atoms. The Hall–Kier alpha value is -2.09. The van der Waals surface area contributed by atoms with Crippen LogP contribution in [0.15, 0.2) is 64.1 Å². The van der Waals surface area contributed by atoms with Crippen molar-refractivity contribution >= 4 is 40.9 Å². The Balaban J connectivity index is 0.00000208. The van der Waals surface area contributed by atoms with Gasteiger partial charge >= 0.3 is 0 Å². The number of rotatable bonds is 5. The molecular weight excluding hydrogens is 415 g/mol. The van der Waals surface area contributed by atoms with Crippen LogP contribution in [0.1, 0.15) is 18.4 Å². The third-order valence-corrected chi connectivity index (χ3v) is 3.38. The number of furan rings is 1. The van der Waals surface area contributed by atoms with Gasteiger partial charge in [-0.2, -0.15) is 0 Å². The van der Waals surface area contributed by atoms with Gasteiger partial charge in [0.2, 0.25) is 0 Å². The van der Waals surface area contributed by atoms with Crippen LogP contribution in [-0.4, -0.2) is 17.5 Å². The summed E-state index contributed by atoms with van der Waals surface area (Å²) < 4.78 is 5.80. The van der Waals surface area contributed by atoms with E-state index in [1.807, 2.05) is 55.5 Å². The van der Waals surface area contributed by atoms with Crippen molar-refractivity contribution in [2.45, 2.75) is 20.0 Å². The van der Waals surface area contributed by atoms with Crippen LogP contribution in [0.3, 0.4) is 0 Å². The standard InChI is InChI=1S/C18H20N4O.HI/c1-2-19-18(21-12-15-8-5-6-10-20-15)22-13-16-11-14-7-3-4-9-17(14)23-16;/h3-11H,2,12-13H2,1H3,(H2,19,21,22);1H. The normalized spacial score (nSPS) is 11.1. The lowest BCUT2D eigenvalue weighted by Gasteiger charge is -2.09. The Morgan fingerprint density at radius 2 is 1.96 bits per heavy atom. The number of nitrogens with zero attached hydrogens (tertiary/aromatic N) is 2. The van der Waals surface area contributed by atoms with Crippen molar-refractivity contribution in [2.24, 2.45) is 4.99 Å². The van der Waals surface area contributed by atoms with E-state index in [9.17, 15) is 0 Å². The average molecular weight is 436 g/mol. The van der Waals surface area contributed by atoms with Gasteiger partial charge in [0, 0.05) is 18.1 Å². The fourth-order valence-electron chi connectivity index (χ4n) is 2.29. The highest BCUT2D eigenvalue weighted by molar-refractivity contribution is 14.0.